The minimum Gasteiger partial charge on any atom is -0.444 e. The number of hydrogen-bond acceptors (Lipinski definition) is 4. The summed E-state index contributed by atoms with van der Waals surface area (Å²) in [4.78, 5) is 18.3. The second-order valence-corrected chi connectivity index (χ2v) is 6.62. The first-order valence-corrected chi connectivity index (χ1v) is 7.48. The molecule has 1 aliphatic rings. The van der Waals surface area contributed by atoms with E-state index in [4.69, 9.17) is 4.74 Å². The van der Waals surface area contributed by atoms with Gasteiger partial charge < -0.3 is 10.1 Å². The van der Waals surface area contributed by atoms with Crippen LogP contribution in [-0.2, 0) is 4.74 Å². The van der Waals surface area contributed by atoms with Crippen LogP contribution in [0.15, 0.2) is 4.99 Å². The van der Waals surface area contributed by atoms with Gasteiger partial charge in [0, 0.05) is 12.1 Å². The Morgan fingerprint density at radius 2 is 1.90 bits per heavy atom. The smallest absolute Gasteiger partial charge is 0.410 e. The molecule has 0 saturated carbocycles. The number of hydrogen-bond donors (Lipinski definition) is 1. The van der Waals surface area contributed by atoms with Crippen molar-refractivity contribution >= 4 is 11.9 Å². The largest absolute Gasteiger partial charge is 0.444 e. The van der Waals surface area contributed by atoms with E-state index in [0.29, 0.717) is 19.6 Å². The Hall–Kier alpha value is -1.26. The summed E-state index contributed by atoms with van der Waals surface area (Å²) in [5, 5.41) is 3.48. The van der Waals surface area contributed by atoms with Crippen LogP contribution >= 0.6 is 0 Å². The Kier molecular flexibility index (Phi) is 5.42. The lowest BCUT2D eigenvalue weighted by molar-refractivity contribution is 0.0275. The highest BCUT2D eigenvalue weighted by molar-refractivity contribution is 5.88. The lowest BCUT2D eigenvalue weighted by atomic mass is 9.95. The molecule has 0 unspecified atom stereocenters. The fraction of sp³-hybridized carbons (Fsp3) is 0.867. The van der Waals surface area contributed by atoms with E-state index >= 15 is 0 Å². The average Bonchev–Trinajstić information content (AvgIpc) is 2.37. The Bertz CT molecular complexity index is 368. The van der Waals surface area contributed by atoms with Crippen molar-refractivity contribution in [2.75, 3.05) is 19.6 Å². The molecule has 0 radical (unpaired) electrons. The molecule has 1 amide bonds. The molecule has 0 aromatic rings. The van der Waals surface area contributed by atoms with Crippen molar-refractivity contribution in [3.63, 3.8) is 0 Å². The number of nitrogens with zero attached hydrogens (tertiary/aromatic N) is 2. The summed E-state index contributed by atoms with van der Waals surface area (Å²) in [5.74, 6) is 0.883. The molecule has 1 N–H and O–H groups in total. The van der Waals surface area contributed by atoms with Gasteiger partial charge in [-0.3, -0.25) is 9.89 Å². The van der Waals surface area contributed by atoms with Crippen molar-refractivity contribution in [2.45, 2.75) is 65.5 Å². The molecule has 0 spiro atoms. The first-order valence-electron chi connectivity index (χ1n) is 7.48. The van der Waals surface area contributed by atoms with E-state index in [1.54, 1.807) is 4.90 Å². The summed E-state index contributed by atoms with van der Waals surface area (Å²) < 4.78 is 5.41. The Labute approximate surface area is 122 Å². The van der Waals surface area contributed by atoms with Gasteiger partial charge in [-0.1, -0.05) is 13.8 Å². The SMILES string of the molecule is CCC(C)(CC)NC1=NCCN(C(=O)OC(C)(C)C)C1. The van der Waals surface area contributed by atoms with Crippen LogP contribution in [0.2, 0.25) is 0 Å². The Morgan fingerprint density at radius 1 is 1.30 bits per heavy atom. The van der Waals surface area contributed by atoms with E-state index in [1.807, 2.05) is 20.8 Å². The van der Waals surface area contributed by atoms with Crippen LogP contribution in [0.4, 0.5) is 4.79 Å². The van der Waals surface area contributed by atoms with Gasteiger partial charge in [-0.15, -0.1) is 0 Å². The molecule has 1 heterocycles. The van der Waals surface area contributed by atoms with Crippen molar-refractivity contribution in [2.24, 2.45) is 4.99 Å². The third kappa shape index (κ3) is 5.02. The molecule has 0 fully saturated rings. The predicted molar refractivity (Wildman–Crippen MR) is 82.2 cm³/mol. The summed E-state index contributed by atoms with van der Waals surface area (Å²) in [6.45, 7) is 13.9. The van der Waals surface area contributed by atoms with Crippen LogP contribution in [0.1, 0.15) is 54.4 Å². The van der Waals surface area contributed by atoms with E-state index < -0.39 is 5.60 Å². The fourth-order valence-corrected chi connectivity index (χ4v) is 1.95. The van der Waals surface area contributed by atoms with Gasteiger partial charge in [0.25, 0.3) is 0 Å². The van der Waals surface area contributed by atoms with E-state index in [0.717, 1.165) is 18.7 Å². The second kappa shape index (κ2) is 6.46. The molecular weight excluding hydrogens is 254 g/mol. The molecule has 5 nitrogen and oxygen atoms in total. The monoisotopic (exact) mass is 283 g/mol. The first kappa shape index (κ1) is 16.8. The maximum Gasteiger partial charge on any atom is 0.410 e. The minimum atomic E-state index is -0.458. The van der Waals surface area contributed by atoms with Crippen molar-refractivity contribution < 1.29 is 9.53 Å². The number of carbonyl (C=O) groups excluding carboxylic acids is 1. The number of ether oxygens (including phenoxy) is 1. The number of rotatable bonds is 3. The topological polar surface area (TPSA) is 53.9 Å². The zero-order valence-corrected chi connectivity index (χ0v) is 13.7. The Morgan fingerprint density at radius 3 is 2.40 bits per heavy atom. The highest BCUT2D eigenvalue weighted by Crippen LogP contribution is 2.15. The number of amidine groups is 1. The maximum absolute atomic E-state index is 12.1. The third-order valence-corrected chi connectivity index (χ3v) is 3.67. The van der Waals surface area contributed by atoms with Crippen molar-refractivity contribution in [1.29, 1.82) is 0 Å². The van der Waals surface area contributed by atoms with Gasteiger partial charge >= 0.3 is 6.09 Å². The number of nitrogens with one attached hydrogen (secondary N) is 1. The van der Waals surface area contributed by atoms with Gasteiger partial charge in [0.05, 0.1) is 13.1 Å². The van der Waals surface area contributed by atoms with E-state index in [1.165, 1.54) is 0 Å². The lowest BCUT2D eigenvalue weighted by Crippen LogP contribution is -2.53. The van der Waals surface area contributed by atoms with Gasteiger partial charge in [0.2, 0.25) is 0 Å². The van der Waals surface area contributed by atoms with Crippen LogP contribution in [-0.4, -0.2) is 47.6 Å². The number of aliphatic imine (C=N–C) groups is 1. The van der Waals surface area contributed by atoms with Crippen LogP contribution in [0.3, 0.4) is 0 Å². The standard InChI is InChI=1S/C15H29N3O2/c1-7-15(6,8-2)17-12-11-18(10-9-16-12)13(19)20-14(3,4)5/h7-11H2,1-6H3,(H,16,17). The van der Waals surface area contributed by atoms with Crippen LogP contribution in [0, 0.1) is 0 Å². The molecule has 0 bridgehead atoms. The van der Waals surface area contributed by atoms with Crippen LogP contribution in [0.25, 0.3) is 0 Å². The average molecular weight is 283 g/mol. The zero-order chi connectivity index (χ0) is 15.4. The lowest BCUT2D eigenvalue weighted by Gasteiger charge is -2.35. The first-order chi connectivity index (χ1) is 9.19. The van der Waals surface area contributed by atoms with E-state index in [9.17, 15) is 4.79 Å². The highest BCUT2D eigenvalue weighted by atomic mass is 16.6. The molecular formula is C15H29N3O2. The number of carbonyl (C=O) groups is 1. The number of amides is 1. The fourth-order valence-electron chi connectivity index (χ4n) is 1.95. The molecule has 1 aliphatic heterocycles. The summed E-state index contributed by atoms with van der Waals surface area (Å²) in [6, 6.07) is 0. The summed E-state index contributed by atoms with van der Waals surface area (Å²) in [7, 11) is 0. The van der Waals surface area contributed by atoms with Crippen LogP contribution < -0.4 is 5.32 Å². The molecule has 5 heteroatoms. The van der Waals surface area contributed by atoms with E-state index in [-0.39, 0.29) is 11.6 Å². The van der Waals surface area contributed by atoms with Gasteiger partial charge in [-0.05, 0) is 40.5 Å². The van der Waals surface area contributed by atoms with Gasteiger partial charge in [0.1, 0.15) is 11.4 Å². The van der Waals surface area contributed by atoms with Crippen LogP contribution in [0.5, 0.6) is 0 Å². The van der Waals surface area contributed by atoms with E-state index in [2.05, 4.69) is 31.1 Å². The zero-order valence-electron chi connectivity index (χ0n) is 13.7. The molecule has 0 atom stereocenters. The molecule has 0 aromatic heterocycles. The van der Waals surface area contributed by atoms with Gasteiger partial charge in [-0.2, -0.15) is 0 Å². The normalized spacial score (nSPS) is 16.7. The van der Waals surface area contributed by atoms with Crippen molar-refractivity contribution in [3.05, 3.63) is 0 Å². The molecule has 1 rings (SSSR count). The minimum absolute atomic E-state index is 0.0375. The maximum atomic E-state index is 12.1. The predicted octanol–water partition coefficient (Wildman–Crippen LogP) is 2.80. The highest BCUT2D eigenvalue weighted by Gasteiger charge is 2.27. The molecule has 20 heavy (non-hydrogen) atoms. The Balaban J connectivity index is 2.62. The molecule has 0 saturated heterocycles. The molecule has 116 valence electrons. The quantitative estimate of drug-likeness (QED) is 0.866. The second-order valence-electron chi connectivity index (χ2n) is 6.62. The summed E-state index contributed by atoms with van der Waals surface area (Å²) in [5.41, 5.74) is -0.420. The van der Waals surface area contributed by atoms with Crippen molar-refractivity contribution in [3.8, 4) is 0 Å². The summed E-state index contributed by atoms with van der Waals surface area (Å²) >= 11 is 0. The van der Waals surface area contributed by atoms with Gasteiger partial charge in [-0.25, -0.2) is 4.79 Å². The molecule has 0 aliphatic carbocycles. The van der Waals surface area contributed by atoms with Gasteiger partial charge in [0.15, 0.2) is 0 Å². The molecule has 0 aromatic carbocycles. The van der Waals surface area contributed by atoms with Crippen molar-refractivity contribution in [1.82, 2.24) is 10.2 Å². The summed E-state index contributed by atoms with van der Waals surface area (Å²) in [6.07, 6.45) is 1.78. The third-order valence-electron chi connectivity index (χ3n) is 3.67.